The first-order valence-electron chi connectivity index (χ1n) is 5.90. The van der Waals surface area contributed by atoms with E-state index in [4.69, 9.17) is 11.6 Å². The molecule has 0 bridgehead atoms. The van der Waals surface area contributed by atoms with Crippen molar-refractivity contribution in [3.05, 3.63) is 51.0 Å². The van der Waals surface area contributed by atoms with Crippen LogP contribution in [-0.4, -0.2) is 16.3 Å². The molecule has 2 rings (SSSR count). The summed E-state index contributed by atoms with van der Waals surface area (Å²) in [5, 5.41) is 7.95. The number of hydrogen-bond donors (Lipinski definition) is 1. The summed E-state index contributed by atoms with van der Waals surface area (Å²) < 4.78 is 15.8. The fourth-order valence-electron chi connectivity index (χ4n) is 2.04. The van der Waals surface area contributed by atoms with Crippen LogP contribution in [0, 0.1) is 5.82 Å². The second kappa shape index (κ2) is 6.03. The molecule has 0 radical (unpaired) electrons. The highest BCUT2D eigenvalue weighted by Crippen LogP contribution is 2.32. The molecule has 1 heterocycles. The van der Waals surface area contributed by atoms with E-state index >= 15 is 0 Å². The molecule has 0 fully saturated rings. The average molecular weight is 347 g/mol. The van der Waals surface area contributed by atoms with Gasteiger partial charge in [0.1, 0.15) is 5.82 Å². The molecule has 0 saturated carbocycles. The fourth-order valence-corrected chi connectivity index (χ4v) is 2.89. The maximum Gasteiger partial charge on any atom is 0.124 e. The van der Waals surface area contributed by atoms with Crippen LogP contribution in [0.3, 0.4) is 0 Å². The molecule has 0 saturated heterocycles. The van der Waals surface area contributed by atoms with Crippen molar-refractivity contribution in [2.24, 2.45) is 7.05 Å². The molecule has 0 aliphatic heterocycles. The number of benzene rings is 1. The first-order chi connectivity index (χ1) is 9.04. The molecule has 0 spiro atoms. The molecule has 1 aromatic carbocycles. The number of rotatable bonds is 4. The Balaban J connectivity index is 2.51. The van der Waals surface area contributed by atoms with E-state index in [-0.39, 0.29) is 11.9 Å². The van der Waals surface area contributed by atoms with Gasteiger partial charge >= 0.3 is 0 Å². The van der Waals surface area contributed by atoms with E-state index in [9.17, 15) is 4.39 Å². The van der Waals surface area contributed by atoms with Gasteiger partial charge in [-0.15, -0.1) is 0 Å². The highest BCUT2D eigenvalue weighted by Gasteiger charge is 2.22. The van der Waals surface area contributed by atoms with Crippen LogP contribution in [0.4, 0.5) is 4.39 Å². The van der Waals surface area contributed by atoms with Crippen LogP contribution in [0.15, 0.2) is 28.9 Å². The van der Waals surface area contributed by atoms with Gasteiger partial charge in [0, 0.05) is 12.1 Å². The van der Waals surface area contributed by atoms with Crippen LogP contribution in [-0.2, 0) is 7.05 Å². The van der Waals surface area contributed by atoms with E-state index in [0.29, 0.717) is 5.02 Å². The highest BCUT2D eigenvalue weighted by molar-refractivity contribution is 9.10. The second-order valence-electron chi connectivity index (χ2n) is 4.16. The average Bonchev–Trinajstić information content (AvgIpc) is 2.67. The minimum Gasteiger partial charge on any atom is -0.305 e. The summed E-state index contributed by atoms with van der Waals surface area (Å²) >= 11 is 9.64. The van der Waals surface area contributed by atoms with E-state index in [0.717, 1.165) is 22.3 Å². The Labute approximate surface area is 124 Å². The molecule has 2 aromatic rings. The molecule has 102 valence electrons. The van der Waals surface area contributed by atoms with Gasteiger partial charge in [-0.25, -0.2) is 4.39 Å². The SMILES string of the molecule is CCNC(c1ccc(F)cc1Cl)c1c(Br)cnn1C. The number of aromatic nitrogens is 2. The fraction of sp³-hybridized carbons (Fsp3) is 0.308. The third-order valence-electron chi connectivity index (χ3n) is 2.89. The third-order valence-corrected chi connectivity index (χ3v) is 3.83. The molecule has 3 nitrogen and oxygen atoms in total. The largest absolute Gasteiger partial charge is 0.305 e. The summed E-state index contributed by atoms with van der Waals surface area (Å²) in [5.41, 5.74) is 1.78. The Morgan fingerprint density at radius 3 is 2.79 bits per heavy atom. The van der Waals surface area contributed by atoms with Gasteiger partial charge in [0.25, 0.3) is 0 Å². The lowest BCUT2D eigenvalue weighted by Gasteiger charge is -2.20. The van der Waals surface area contributed by atoms with Crippen LogP contribution in [0.2, 0.25) is 5.02 Å². The molecule has 0 aliphatic carbocycles. The number of nitrogens with zero attached hydrogens (tertiary/aromatic N) is 2. The highest BCUT2D eigenvalue weighted by atomic mass is 79.9. The number of nitrogens with one attached hydrogen (secondary N) is 1. The number of aryl methyl sites for hydroxylation is 1. The van der Waals surface area contributed by atoms with E-state index < -0.39 is 0 Å². The van der Waals surface area contributed by atoms with Crippen molar-refractivity contribution in [1.29, 1.82) is 0 Å². The Hall–Kier alpha value is -0.910. The van der Waals surface area contributed by atoms with Crippen LogP contribution in [0.1, 0.15) is 24.2 Å². The van der Waals surface area contributed by atoms with E-state index in [1.54, 1.807) is 16.9 Å². The Morgan fingerprint density at radius 2 is 2.26 bits per heavy atom. The first kappa shape index (κ1) is 14.5. The molecule has 0 aliphatic rings. The summed E-state index contributed by atoms with van der Waals surface area (Å²) in [6.45, 7) is 2.77. The molecule has 0 amide bonds. The van der Waals surface area contributed by atoms with Crippen molar-refractivity contribution >= 4 is 27.5 Å². The third kappa shape index (κ3) is 2.99. The lowest BCUT2D eigenvalue weighted by molar-refractivity contribution is 0.568. The summed E-state index contributed by atoms with van der Waals surface area (Å²) in [4.78, 5) is 0. The van der Waals surface area contributed by atoms with E-state index in [1.807, 2.05) is 14.0 Å². The van der Waals surface area contributed by atoms with E-state index in [1.165, 1.54) is 12.1 Å². The molecule has 6 heteroatoms. The molecular formula is C13H14BrClFN3. The van der Waals surface area contributed by atoms with Gasteiger partial charge in [0.05, 0.1) is 22.4 Å². The Bertz CT molecular complexity index is 566. The lowest BCUT2D eigenvalue weighted by atomic mass is 10.0. The van der Waals surface area contributed by atoms with Crippen LogP contribution in [0.5, 0.6) is 0 Å². The molecule has 1 N–H and O–H groups in total. The predicted octanol–water partition coefficient (Wildman–Crippen LogP) is 3.67. The summed E-state index contributed by atoms with van der Waals surface area (Å²) in [7, 11) is 1.86. The molecular weight excluding hydrogens is 333 g/mol. The van der Waals surface area contributed by atoms with Gasteiger partial charge in [-0.1, -0.05) is 24.6 Å². The van der Waals surface area contributed by atoms with Crippen molar-refractivity contribution in [3.8, 4) is 0 Å². The molecule has 1 unspecified atom stereocenters. The maximum atomic E-state index is 13.2. The quantitative estimate of drug-likeness (QED) is 0.915. The van der Waals surface area contributed by atoms with Crippen molar-refractivity contribution in [2.75, 3.05) is 6.54 Å². The molecule has 19 heavy (non-hydrogen) atoms. The van der Waals surface area contributed by atoms with Gasteiger partial charge in [-0.05, 0) is 40.2 Å². The Morgan fingerprint density at radius 1 is 1.53 bits per heavy atom. The summed E-state index contributed by atoms with van der Waals surface area (Å²) in [6, 6.07) is 4.30. The van der Waals surface area contributed by atoms with Gasteiger partial charge in [-0.2, -0.15) is 5.10 Å². The molecule has 1 aromatic heterocycles. The number of halogens is 3. The standard InChI is InChI=1S/C13H14BrClFN3/c1-3-17-12(13-10(14)7-18-19(13)2)9-5-4-8(16)6-11(9)15/h4-7,12,17H,3H2,1-2H3. The molecule has 1 atom stereocenters. The summed E-state index contributed by atoms with van der Waals surface area (Å²) in [6.07, 6.45) is 1.73. The summed E-state index contributed by atoms with van der Waals surface area (Å²) in [5.74, 6) is -0.340. The smallest absolute Gasteiger partial charge is 0.124 e. The van der Waals surface area contributed by atoms with Crippen molar-refractivity contribution in [3.63, 3.8) is 0 Å². The second-order valence-corrected chi connectivity index (χ2v) is 5.42. The normalized spacial score (nSPS) is 12.7. The predicted molar refractivity (Wildman–Crippen MR) is 77.8 cm³/mol. The van der Waals surface area contributed by atoms with E-state index in [2.05, 4.69) is 26.3 Å². The monoisotopic (exact) mass is 345 g/mol. The van der Waals surface area contributed by atoms with Gasteiger partial charge < -0.3 is 5.32 Å². The van der Waals surface area contributed by atoms with Gasteiger partial charge in [0.2, 0.25) is 0 Å². The van der Waals surface area contributed by atoms with Gasteiger partial charge in [-0.3, -0.25) is 4.68 Å². The Kier molecular flexibility index (Phi) is 4.60. The van der Waals surface area contributed by atoms with Crippen LogP contribution >= 0.6 is 27.5 Å². The zero-order valence-corrected chi connectivity index (χ0v) is 13.0. The van der Waals surface area contributed by atoms with Crippen LogP contribution < -0.4 is 5.32 Å². The minimum atomic E-state index is -0.340. The number of hydrogen-bond acceptors (Lipinski definition) is 2. The van der Waals surface area contributed by atoms with Gasteiger partial charge in [0.15, 0.2) is 0 Å². The van der Waals surface area contributed by atoms with Crippen LogP contribution in [0.25, 0.3) is 0 Å². The zero-order chi connectivity index (χ0) is 14.0. The van der Waals surface area contributed by atoms with Crippen molar-refractivity contribution < 1.29 is 4.39 Å². The minimum absolute atomic E-state index is 0.139. The topological polar surface area (TPSA) is 29.9 Å². The van der Waals surface area contributed by atoms with Crippen molar-refractivity contribution in [1.82, 2.24) is 15.1 Å². The lowest BCUT2D eigenvalue weighted by Crippen LogP contribution is -2.25. The van der Waals surface area contributed by atoms with Crippen molar-refractivity contribution in [2.45, 2.75) is 13.0 Å². The zero-order valence-electron chi connectivity index (χ0n) is 10.6. The maximum absolute atomic E-state index is 13.2. The first-order valence-corrected chi connectivity index (χ1v) is 7.07.